The highest BCUT2D eigenvalue weighted by Gasteiger charge is 2.27. The molecule has 0 heterocycles. The van der Waals surface area contributed by atoms with Crippen molar-refractivity contribution in [3.63, 3.8) is 0 Å². The summed E-state index contributed by atoms with van der Waals surface area (Å²) in [5.74, 6) is -1.04. The third-order valence-corrected chi connectivity index (χ3v) is 3.86. The fraction of sp³-hybridized carbons (Fsp3) is 0.0588. The SMILES string of the molecule is COC(=O)C1=Cc2cc(C(=O)c3ccccc3Cl)c(O)cc21. The van der Waals surface area contributed by atoms with E-state index in [2.05, 4.69) is 4.74 Å². The molecule has 0 aromatic heterocycles. The van der Waals surface area contributed by atoms with Gasteiger partial charge < -0.3 is 9.84 Å². The maximum atomic E-state index is 12.5. The molecule has 3 rings (SSSR count). The van der Waals surface area contributed by atoms with Crippen molar-refractivity contribution in [3.05, 3.63) is 63.7 Å². The van der Waals surface area contributed by atoms with E-state index in [1.165, 1.54) is 13.2 Å². The number of benzene rings is 2. The number of carbonyl (C=O) groups excluding carboxylic acids is 2. The zero-order valence-corrected chi connectivity index (χ0v) is 12.3. The van der Waals surface area contributed by atoms with Crippen LogP contribution >= 0.6 is 11.6 Å². The van der Waals surface area contributed by atoms with E-state index in [9.17, 15) is 14.7 Å². The Hall–Kier alpha value is -2.59. The summed E-state index contributed by atoms with van der Waals surface area (Å²) in [5, 5.41) is 10.4. The number of phenols is 1. The van der Waals surface area contributed by atoms with Gasteiger partial charge in [0.15, 0.2) is 5.78 Å². The molecule has 110 valence electrons. The molecule has 1 aliphatic carbocycles. The lowest BCUT2D eigenvalue weighted by Crippen LogP contribution is -2.12. The Morgan fingerprint density at radius 1 is 1.14 bits per heavy atom. The Balaban J connectivity index is 2.01. The molecule has 2 aromatic carbocycles. The van der Waals surface area contributed by atoms with Gasteiger partial charge in [-0.1, -0.05) is 23.7 Å². The van der Waals surface area contributed by atoms with E-state index < -0.39 is 5.97 Å². The highest BCUT2D eigenvalue weighted by Crippen LogP contribution is 2.38. The molecule has 5 heteroatoms. The molecular formula is C17H11ClO4. The summed E-state index contributed by atoms with van der Waals surface area (Å²) in [6, 6.07) is 9.57. The van der Waals surface area contributed by atoms with Crippen molar-refractivity contribution >= 4 is 35.0 Å². The number of halogens is 1. The van der Waals surface area contributed by atoms with Crippen molar-refractivity contribution < 1.29 is 19.4 Å². The minimum Gasteiger partial charge on any atom is -0.507 e. The number of phenolic OH excluding ortho intramolecular Hbond substituents is 1. The molecule has 0 amide bonds. The lowest BCUT2D eigenvalue weighted by Gasteiger charge is -2.19. The van der Waals surface area contributed by atoms with Gasteiger partial charge in [-0.25, -0.2) is 4.79 Å². The van der Waals surface area contributed by atoms with Gasteiger partial charge in [0.05, 0.1) is 23.3 Å². The standard InChI is InChI=1S/C17H11ClO4/c1-22-17(21)12-6-9-7-13(15(19)8-11(9)12)16(20)10-4-2-3-5-14(10)18/h2-8,19H,1H3. The van der Waals surface area contributed by atoms with Gasteiger partial charge in [-0.15, -0.1) is 0 Å². The van der Waals surface area contributed by atoms with Crippen molar-refractivity contribution in [1.82, 2.24) is 0 Å². The Kier molecular flexibility index (Phi) is 3.47. The maximum absolute atomic E-state index is 12.5. The van der Waals surface area contributed by atoms with Crippen LogP contribution in [0.2, 0.25) is 5.02 Å². The molecule has 0 spiro atoms. The predicted molar refractivity (Wildman–Crippen MR) is 82.9 cm³/mol. The van der Waals surface area contributed by atoms with Gasteiger partial charge in [0.2, 0.25) is 0 Å². The number of carbonyl (C=O) groups is 2. The number of methoxy groups -OCH3 is 1. The van der Waals surface area contributed by atoms with E-state index in [0.29, 0.717) is 27.3 Å². The number of hydrogen-bond acceptors (Lipinski definition) is 4. The first-order chi connectivity index (χ1) is 10.5. The normalized spacial score (nSPS) is 12.0. The van der Waals surface area contributed by atoms with Crippen molar-refractivity contribution in [2.24, 2.45) is 0 Å². The Morgan fingerprint density at radius 3 is 2.55 bits per heavy atom. The van der Waals surface area contributed by atoms with Crippen LogP contribution in [0.5, 0.6) is 5.75 Å². The van der Waals surface area contributed by atoms with Crippen LogP contribution in [0.1, 0.15) is 27.0 Å². The first-order valence-electron chi connectivity index (χ1n) is 6.49. The topological polar surface area (TPSA) is 63.6 Å². The van der Waals surface area contributed by atoms with Crippen LogP contribution in [-0.4, -0.2) is 24.0 Å². The molecule has 0 atom stereocenters. The Labute approximate surface area is 131 Å². The molecule has 1 aliphatic rings. The Bertz CT molecular complexity index is 837. The average molecular weight is 315 g/mol. The van der Waals surface area contributed by atoms with Gasteiger partial charge in [0.1, 0.15) is 5.75 Å². The largest absolute Gasteiger partial charge is 0.507 e. The second-order valence-electron chi connectivity index (χ2n) is 4.82. The van der Waals surface area contributed by atoms with Crippen LogP contribution in [0.4, 0.5) is 0 Å². The van der Waals surface area contributed by atoms with Crippen molar-refractivity contribution in [1.29, 1.82) is 0 Å². The highest BCUT2D eigenvalue weighted by molar-refractivity contribution is 6.35. The van der Waals surface area contributed by atoms with Gasteiger partial charge in [-0.3, -0.25) is 4.79 Å². The zero-order chi connectivity index (χ0) is 15.9. The van der Waals surface area contributed by atoms with E-state index in [1.807, 2.05) is 0 Å². The summed E-state index contributed by atoms with van der Waals surface area (Å²) >= 11 is 6.01. The molecule has 2 aromatic rings. The second kappa shape index (κ2) is 5.31. The molecule has 1 N–H and O–H groups in total. The Morgan fingerprint density at radius 2 is 1.86 bits per heavy atom. The summed E-state index contributed by atoms with van der Waals surface area (Å²) < 4.78 is 4.64. The first-order valence-corrected chi connectivity index (χ1v) is 6.87. The van der Waals surface area contributed by atoms with Gasteiger partial charge in [0.25, 0.3) is 0 Å². The lowest BCUT2D eigenvalue weighted by atomic mass is 9.85. The maximum Gasteiger partial charge on any atom is 0.338 e. The number of fused-ring (bicyclic) bond motifs is 1. The number of rotatable bonds is 3. The van der Waals surface area contributed by atoms with Crippen molar-refractivity contribution in [3.8, 4) is 5.75 Å². The zero-order valence-electron chi connectivity index (χ0n) is 11.6. The average Bonchev–Trinajstić information content (AvgIpc) is 2.50. The number of aromatic hydroxyl groups is 1. The predicted octanol–water partition coefficient (Wildman–Crippen LogP) is 3.30. The minimum atomic E-state index is -0.475. The molecular weight excluding hydrogens is 304 g/mol. The van der Waals surface area contributed by atoms with Crippen LogP contribution < -0.4 is 0 Å². The molecule has 0 fully saturated rings. The third kappa shape index (κ3) is 2.18. The molecule has 0 unspecified atom stereocenters. The number of esters is 1. The quantitative estimate of drug-likeness (QED) is 0.697. The monoisotopic (exact) mass is 314 g/mol. The second-order valence-corrected chi connectivity index (χ2v) is 5.22. The van der Waals surface area contributed by atoms with Gasteiger partial charge in [-0.05, 0) is 41.5 Å². The van der Waals surface area contributed by atoms with E-state index >= 15 is 0 Å². The van der Waals surface area contributed by atoms with Crippen LogP contribution in [0.15, 0.2) is 36.4 Å². The summed E-state index contributed by atoms with van der Waals surface area (Å²) in [6.07, 6.45) is 1.62. The molecule has 4 nitrogen and oxygen atoms in total. The number of ketones is 1. The van der Waals surface area contributed by atoms with Gasteiger partial charge in [0, 0.05) is 5.56 Å². The molecule has 22 heavy (non-hydrogen) atoms. The van der Waals surface area contributed by atoms with E-state index in [1.54, 1.807) is 36.4 Å². The highest BCUT2D eigenvalue weighted by atomic mass is 35.5. The van der Waals surface area contributed by atoms with Crippen LogP contribution in [0.3, 0.4) is 0 Å². The van der Waals surface area contributed by atoms with Crippen molar-refractivity contribution in [2.45, 2.75) is 0 Å². The van der Waals surface area contributed by atoms with Gasteiger partial charge in [-0.2, -0.15) is 0 Å². The van der Waals surface area contributed by atoms with Crippen LogP contribution in [-0.2, 0) is 9.53 Å². The van der Waals surface area contributed by atoms with E-state index in [0.717, 1.165) is 0 Å². The molecule has 0 saturated heterocycles. The summed E-state index contributed by atoms with van der Waals surface area (Å²) in [4.78, 5) is 24.0. The smallest absolute Gasteiger partial charge is 0.338 e. The summed E-state index contributed by atoms with van der Waals surface area (Å²) in [5.41, 5.74) is 2.11. The van der Waals surface area contributed by atoms with E-state index in [4.69, 9.17) is 11.6 Å². The molecule has 0 aliphatic heterocycles. The van der Waals surface area contributed by atoms with Crippen LogP contribution in [0, 0.1) is 0 Å². The first kappa shape index (κ1) is 14.4. The van der Waals surface area contributed by atoms with Crippen molar-refractivity contribution in [2.75, 3.05) is 7.11 Å². The third-order valence-electron chi connectivity index (χ3n) is 3.53. The molecule has 0 radical (unpaired) electrons. The number of ether oxygens (including phenoxy) is 1. The van der Waals surface area contributed by atoms with E-state index in [-0.39, 0.29) is 17.1 Å². The van der Waals surface area contributed by atoms with Gasteiger partial charge >= 0.3 is 5.97 Å². The fourth-order valence-corrected chi connectivity index (χ4v) is 2.59. The number of hydrogen-bond donors (Lipinski definition) is 1. The lowest BCUT2D eigenvalue weighted by molar-refractivity contribution is -0.133. The fourth-order valence-electron chi connectivity index (χ4n) is 2.36. The summed E-state index contributed by atoms with van der Waals surface area (Å²) in [6.45, 7) is 0. The van der Waals surface area contributed by atoms with Crippen LogP contribution in [0.25, 0.3) is 11.6 Å². The summed E-state index contributed by atoms with van der Waals surface area (Å²) in [7, 11) is 1.29. The molecule has 0 bridgehead atoms. The molecule has 0 saturated carbocycles. The minimum absolute atomic E-state index is 0.145.